The van der Waals surface area contributed by atoms with Crippen molar-refractivity contribution in [3.05, 3.63) is 64.7 Å². The van der Waals surface area contributed by atoms with Crippen LogP contribution in [0.15, 0.2) is 42.5 Å². The summed E-state index contributed by atoms with van der Waals surface area (Å²) in [5, 5.41) is 12.7. The molecule has 0 fully saturated rings. The fraction of sp³-hybridized carbons (Fsp3) is 0.235. The smallest absolute Gasteiger partial charge is 0.140 e. The van der Waals surface area contributed by atoms with E-state index < -0.39 is 0 Å². The zero-order valence-corrected chi connectivity index (χ0v) is 11.6. The van der Waals surface area contributed by atoms with Gasteiger partial charge in [0.25, 0.3) is 0 Å². The molecule has 2 rings (SSSR count). The van der Waals surface area contributed by atoms with Gasteiger partial charge in [-0.15, -0.1) is 0 Å². The largest absolute Gasteiger partial charge is 0.366 e. The van der Waals surface area contributed by atoms with Crippen molar-refractivity contribution in [1.29, 1.82) is 5.26 Å². The summed E-state index contributed by atoms with van der Waals surface area (Å²) < 4.78 is 0. The summed E-state index contributed by atoms with van der Waals surface area (Å²) in [7, 11) is 0. The van der Waals surface area contributed by atoms with Gasteiger partial charge >= 0.3 is 0 Å². The van der Waals surface area contributed by atoms with E-state index in [1.807, 2.05) is 38.1 Å². The van der Waals surface area contributed by atoms with Crippen LogP contribution in [0.2, 0.25) is 0 Å². The average Bonchev–Trinajstić information content (AvgIpc) is 2.41. The van der Waals surface area contributed by atoms with Crippen LogP contribution in [0.3, 0.4) is 0 Å². The summed E-state index contributed by atoms with van der Waals surface area (Å²) in [6.07, 6.45) is 0. The van der Waals surface area contributed by atoms with E-state index in [0.29, 0.717) is 0 Å². The van der Waals surface area contributed by atoms with E-state index in [2.05, 4.69) is 36.5 Å². The van der Waals surface area contributed by atoms with Gasteiger partial charge in [-0.2, -0.15) is 5.26 Å². The van der Waals surface area contributed by atoms with Crippen LogP contribution in [0, 0.1) is 32.1 Å². The second kappa shape index (κ2) is 5.58. The maximum Gasteiger partial charge on any atom is 0.140 e. The Bertz CT molecular complexity index is 606. The molecule has 96 valence electrons. The monoisotopic (exact) mass is 250 g/mol. The molecule has 2 heteroatoms. The van der Waals surface area contributed by atoms with Gasteiger partial charge in [-0.1, -0.05) is 41.5 Å². The van der Waals surface area contributed by atoms with Gasteiger partial charge in [-0.05, 0) is 44.0 Å². The minimum atomic E-state index is -0.317. The molecule has 0 saturated heterocycles. The van der Waals surface area contributed by atoms with Gasteiger partial charge in [0, 0.05) is 5.69 Å². The molecule has 1 atom stereocenters. The molecule has 0 heterocycles. The molecule has 0 amide bonds. The zero-order valence-electron chi connectivity index (χ0n) is 11.6. The third-order valence-electron chi connectivity index (χ3n) is 3.24. The van der Waals surface area contributed by atoms with E-state index in [0.717, 1.165) is 16.8 Å². The Morgan fingerprint density at radius 2 is 1.58 bits per heavy atom. The fourth-order valence-corrected chi connectivity index (χ4v) is 2.07. The molecule has 0 aliphatic carbocycles. The van der Waals surface area contributed by atoms with Crippen LogP contribution in [0.4, 0.5) is 5.69 Å². The number of nitriles is 1. The number of nitrogens with one attached hydrogen (secondary N) is 1. The van der Waals surface area contributed by atoms with Crippen molar-refractivity contribution >= 4 is 5.69 Å². The molecule has 0 aromatic heterocycles. The summed E-state index contributed by atoms with van der Waals surface area (Å²) in [5.41, 5.74) is 5.54. The van der Waals surface area contributed by atoms with Gasteiger partial charge in [0.15, 0.2) is 0 Å². The lowest BCUT2D eigenvalue weighted by Gasteiger charge is -2.16. The van der Waals surface area contributed by atoms with Gasteiger partial charge in [-0.25, -0.2) is 0 Å². The summed E-state index contributed by atoms with van der Waals surface area (Å²) in [5.74, 6) is 0. The van der Waals surface area contributed by atoms with Crippen molar-refractivity contribution in [2.75, 3.05) is 5.32 Å². The number of benzene rings is 2. The van der Waals surface area contributed by atoms with Crippen LogP contribution in [-0.4, -0.2) is 0 Å². The maximum absolute atomic E-state index is 9.40. The number of hydrogen-bond donors (Lipinski definition) is 1. The van der Waals surface area contributed by atoms with E-state index in [1.165, 1.54) is 11.1 Å². The van der Waals surface area contributed by atoms with E-state index in [-0.39, 0.29) is 6.04 Å². The Morgan fingerprint density at radius 1 is 0.947 bits per heavy atom. The first-order valence-corrected chi connectivity index (χ1v) is 6.40. The second-order valence-electron chi connectivity index (χ2n) is 4.93. The van der Waals surface area contributed by atoms with Gasteiger partial charge in [-0.3, -0.25) is 0 Å². The van der Waals surface area contributed by atoms with Gasteiger partial charge < -0.3 is 5.32 Å². The Morgan fingerprint density at radius 3 is 2.21 bits per heavy atom. The first kappa shape index (κ1) is 13.2. The van der Waals surface area contributed by atoms with Crippen LogP contribution in [-0.2, 0) is 0 Å². The molecule has 2 aromatic rings. The Balaban J connectivity index is 2.28. The molecule has 1 unspecified atom stereocenters. The Labute approximate surface area is 114 Å². The normalized spacial score (nSPS) is 11.7. The zero-order chi connectivity index (χ0) is 13.8. The lowest BCUT2D eigenvalue weighted by atomic mass is 9.99. The molecule has 0 bridgehead atoms. The first-order chi connectivity index (χ1) is 9.10. The topological polar surface area (TPSA) is 35.8 Å². The Hall–Kier alpha value is -2.27. The molecular weight excluding hydrogens is 232 g/mol. The number of aryl methyl sites for hydroxylation is 3. The predicted octanol–water partition coefficient (Wildman–Crippen LogP) is 4.29. The highest BCUT2D eigenvalue weighted by molar-refractivity contribution is 5.50. The molecule has 2 aromatic carbocycles. The van der Waals surface area contributed by atoms with Crippen molar-refractivity contribution in [3.63, 3.8) is 0 Å². The first-order valence-electron chi connectivity index (χ1n) is 6.40. The third kappa shape index (κ3) is 3.14. The minimum Gasteiger partial charge on any atom is -0.366 e. The highest BCUT2D eigenvalue weighted by atomic mass is 14.9. The lowest BCUT2D eigenvalue weighted by Crippen LogP contribution is -2.10. The molecule has 2 nitrogen and oxygen atoms in total. The summed E-state index contributed by atoms with van der Waals surface area (Å²) in [6, 6.07) is 16.3. The van der Waals surface area contributed by atoms with Crippen molar-refractivity contribution < 1.29 is 0 Å². The molecule has 19 heavy (non-hydrogen) atoms. The molecule has 1 N–H and O–H groups in total. The van der Waals surface area contributed by atoms with E-state index in [4.69, 9.17) is 0 Å². The van der Waals surface area contributed by atoms with Crippen LogP contribution < -0.4 is 5.32 Å². The van der Waals surface area contributed by atoms with Crippen LogP contribution in [0.5, 0.6) is 0 Å². The second-order valence-corrected chi connectivity index (χ2v) is 4.93. The quantitative estimate of drug-likeness (QED) is 0.882. The predicted molar refractivity (Wildman–Crippen MR) is 79.1 cm³/mol. The summed E-state index contributed by atoms with van der Waals surface area (Å²) >= 11 is 0. The summed E-state index contributed by atoms with van der Waals surface area (Å²) in [6.45, 7) is 6.13. The van der Waals surface area contributed by atoms with Crippen LogP contribution >= 0.6 is 0 Å². The highest BCUT2D eigenvalue weighted by Crippen LogP contribution is 2.23. The molecular formula is C17H18N2. The standard InChI is InChI=1S/C17H18N2/c1-12-5-8-15(9-6-12)19-17(11-18)16-10-13(2)4-7-14(16)3/h4-10,17,19H,1-3H3. The number of nitrogens with zero attached hydrogens (tertiary/aromatic N) is 1. The molecule has 0 radical (unpaired) electrons. The van der Waals surface area contributed by atoms with Crippen molar-refractivity contribution in [2.24, 2.45) is 0 Å². The average molecular weight is 250 g/mol. The number of anilines is 1. The van der Waals surface area contributed by atoms with Crippen LogP contribution in [0.1, 0.15) is 28.3 Å². The van der Waals surface area contributed by atoms with E-state index in [1.54, 1.807) is 0 Å². The number of hydrogen-bond acceptors (Lipinski definition) is 2. The molecule has 0 aliphatic heterocycles. The van der Waals surface area contributed by atoms with E-state index >= 15 is 0 Å². The summed E-state index contributed by atoms with van der Waals surface area (Å²) in [4.78, 5) is 0. The number of rotatable bonds is 3. The maximum atomic E-state index is 9.40. The SMILES string of the molecule is Cc1ccc(NC(C#N)c2cc(C)ccc2C)cc1. The van der Waals surface area contributed by atoms with Gasteiger partial charge in [0.1, 0.15) is 6.04 Å². The highest BCUT2D eigenvalue weighted by Gasteiger charge is 2.12. The van der Waals surface area contributed by atoms with Gasteiger partial charge in [0.05, 0.1) is 6.07 Å². The fourth-order valence-electron chi connectivity index (χ4n) is 2.07. The van der Waals surface area contributed by atoms with Crippen molar-refractivity contribution in [1.82, 2.24) is 0 Å². The van der Waals surface area contributed by atoms with Gasteiger partial charge in [0.2, 0.25) is 0 Å². The van der Waals surface area contributed by atoms with Crippen LogP contribution in [0.25, 0.3) is 0 Å². The van der Waals surface area contributed by atoms with Crippen molar-refractivity contribution in [2.45, 2.75) is 26.8 Å². The Kier molecular flexibility index (Phi) is 3.87. The minimum absolute atomic E-state index is 0.317. The third-order valence-corrected chi connectivity index (χ3v) is 3.24. The molecule has 0 spiro atoms. The van der Waals surface area contributed by atoms with E-state index in [9.17, 15) is 5.26 Å². The molecule has 0 saturated carbocycles. The lowest BCUT2D eigenvalue weighted by molar-refractivity contribution is 0.978. The molecule has 0 aliphatic rings. The van der Waals surface area contributed by atoms with Crippen molar-refractivity contribution in [3.8, 4) is 6.07 Å².